The number of imidazole rings is 1. The summed E-state index contributed by atoms with van der Waals surface area (Å²) in [6.45, 7) is 2.06. The van der Waals surface area contributed by atoms with E-state index in [2.05, 4.69) is 32.8 Å². The van der Waals surface area contributed by atoms with Crippen LogP contribution in [0, 0.1) is 0 Å². The average Bonchev–Trinajstić information content (AvgIpc) is 2.56. The van der Waals surface area contributed by atoms with Crippen molar-refractivity contribution in [1.82, 2.24) is 9.97 Å². The molecule has 0 spiro atoms. The van der Waals surface area contributed by atoms with E-state index in [0.29, 0.717) is 5.02 Å². The van der Waals surface area contributed by atoms with Crippen molar-refractivity contribution in [3.63, 3.8) is 0 Å². The van der Waals surface area contributed by atoms with Gasteiger partial charge in [0.25, 0.3) is 0 Å². The standard InChI is InChI=1S/C9H8BrClN2/c1-2-7-12-8-5(10)3-4-6(11)9(8)13-7/h3-4H,2H2,1H3,(H,12,13). The number of rotatable bonds is 1. The third-order valence-electron chi connectivity index (χ3n) is 1.93. The van der Waals surface area contributed by atoms with Gasteiger partial charge in [-0.2, -0.15) is 0 Å². The van der Waals surface area contributed by atoms with Gasteiger partial charge in [-0.3, -0.25) is 0 Å². The zero-order valence-corrected chi connectivity index (χ0v) is 9.41. The van der Waals surface area contributed by atoms with Gasteiger partial charge in [0.2, 0.25) is 0 Å². The van der Waals surface area contributed by atoms with E-state index < -0.39 is 0 Å². The van der Waals surface area contributed by atoms with Crippen LogP contribution in [-0.4, -0.2) is 9.97 Å². The Bertz CT molecular complexity index is 411. The first-order chi connectivity index (χ1) is 6.22. The van der Waals surface area contributed by atoms with Gasteiger partial charge < -0.3 is 4.98 Å². The molecule has 13 heavy (non-hydrogen) atoms. The van der Waals surface area contributed by atoms with Crippen LogP contribution in [0.1, 0.15) is 12.7 Å². The second kappa shape index (κ2) is 3.31. The summed E-state index contributed by atoms with van der Waals surface area (Å²) in [7, 11) is 0. The zero-order valence-electron chi connectivity index (χ0n) is 7.06. The number of fused-ring (bicyclic) bond motifs is 1. The molecule has 1 aromatic carbocycles. The van der Waals surface area contributed by atoms with Crippen molar-refractivity contribution in [2.24, 2.45) is 0 Å². The maximum absolute atomic E-state index is 6.00. The molecule has 2 aromatic rings. The van der Waals surface area contributed by atoms with Crippen LogP contribution in [0.4, 0.5) is 0 Å². The summed E-state index contributed by atoms with van der Waals surface area (Å²) in [5.74, 6) is 0.962. The highest BCUT2D eigenvalue weighted by Gasteiger charge is 2.07. The molecule has 2 nitrogen and oxygen atoms in total. The van der Waals surface area contributed by atoms with Crippen molar-refractivity contribution in [2.75, 3.05) is 0 Å². The van der Waals surface area contributed by atoms with E-state index in [4.69, 9.17) is 11.6 Å². The van der Waals surface area contributed by atoms with Crippen LogP contribution in [0.5, 0.6) is 0 Å². The molecule has 0 aliphatic heterocycles. The third kappa shape index (κ3) is 1.46. The van der Waals surface area contributed by atoms with Gasteiger partial charge in [0.1, 0.15) is 11.3 Å². The lowest BCUT2D eigenvalue weighted by Gasteiger charge is -1.93. The first-order valence-electron chi connectivity index (χ1n) is 4.05. The normalized spacial score (nSPS) is 11.0. The molecule has 0 bridgehead atoms. The molecule has 0 unspecified atom stereocenters. The smallest absolute Gasteiger partial charge is 0.108 e. The predicted octanol–water partition coefficient (Wildman–Crippen LogP) is 3.54. The molecular weight excluding hydrogens is 251 g/mol. The average molecular weight is 260 g/mol. The number of halogens is 2. The lowest BCUT2D eigenvalue weighted by atomic mass is 10.3. The zero-order chi connectivity index (χ0) is 9.42. The second-order valence-electron chi connectivity index (χ2n) is 2.79. The molecule has 1 N–H and O–H groups in total. The highest BCUT2D eigenvalue weighted by molar-refractivity contribution is 9.10. The number of hydrogen-bond acceptors (Lipinski definition) is 1. The van der Waals surface area contributed by atoms with Gasteiger partial charge in [0, 0.05) is 10.9 Å². The van der Waals surface area contributed by atoms with E-state index in [1.165, 1.54) is 0 Å². The minimum Gasteiger partial charge on any atom is -0.341 e. The molecule has 0 saturated carbocycles. The highest BCUT2D eigenvalue weighted by Crippen LogP contribution is 2.27. The van der Waals surface area contributed by atoms with E-state index in [1.54, 1.807) is 0 Å². The molecular formula is C9H8BrClN2. The Morgan fingerprint density at radius 3 is 2.92 bits per heavy atom. The number of aromatic amines is 1. The molecule has 68 valence electrons. The van der Waals surface area contributed by atoms with Gasteiger partial charge in [-0.05, 0) is 28.1 Å². The fourth-order valence-electron chi connectivity index (χ4n) is 1.24. The molecule has 4 heteroatoms. The van der Waals surface area contributed by atoms with Crippen LogP contribution >= 0.6 is 27.5 Å². The van der Waals surface area contributed by atoms with Crippen molar-refractivity contribution in [1.29, 1.82) is 0 Å². The van der Waals surface area contributed by atoms with E-state index in [9.17, 15) is 0 Å². The number of hydrogen-bond donors (Lipinski definition) is 1. The number of nitrogens with zero attached hydrogens (tertiary/aromatic N) is 1. The van der Waals surface area contributed by atoms with E-state index in [-0.39, 0.29) is 0 Å². The van der Waals surface area contributed by atoms with Gasteiger partial charge in [-0.25, -0.2) is 4.98 Å². The monoisotopic (exact) mass is 258 g/mol. The third-order valence-corrected chi connectivity index (χ3v) is 2.89. The summed E-state index contributed by atoms with van der Waals surface area (Å²) in [5, 5.41) is 0.689. The molecule has 0 aliphatic rings. The van der Waals surface area contributed by atoms with Crippen molar-refractivity contribution in [3.05, 3.63) is 27.5 Å². The topological polar surface area (TPSA) is 28.7 Å². The Balaban J connectivity index is 2.80. The number of benzene rings is 1. The summed E-state index contributed by atoms with van der Waals surface area (Å²) >= 11 is 9.44. The van der Waals surface area contributed by atoms with Crippen molar-refractivity contribution >= 4 is 38.6 Å². The summed E-state index contributed by atoms with van der Waals surface area (Å²) in [6.07, 6.45) is 0.886. The Kier molecular flexibility index (Phi) is 2.30. The second-order valence-corrected chi connectivity index (χ2v) is 4.05. The quantitative estimate of drug-likeness (QED) is 0.834. The van der Waals surface area contributed by atoms with Crippen molar-refractivity contribution in [2.45, 2.75) is 13.3 Å². The number of aromatic nitrogens is 2. The molecule has 0 radical (unpaired) electrons. The maximum atomic E-state index is 6.00. The van der Waals surface area contributed by atoms with Crippen molar-refractivity contribution in [3.8, 4) is 0 Å². The van der Waals surface area contributed by atoms with Crippen LogP contribution in [0.2, 0.25) is 5.02 Å². The Morgan fingerprint density at radius 2 is 2.31 bits per heavy atom. The lowest BCUT2D eigenvalue weighted by Crippen LogP contribution is -1.79. The first-order valence-corrected chi connectivity index (χ1v) is 5.22. The van der Waals surface area contributed by atoms with Gasteiger partial charge in [0.05, 0.1) is 10.5 Å². The number of H-pyrrole nitrogens is 1. The van der Waals surface area contributed by atoms with Gasteiger partial charge in [-0.1, -0.05) is 18.5 Å². The van der Waals surface area contributed by atoms with Crippen LogP contribution in [0.15, 0.2) is 16.6 Å². The molecule has 1 heterocycles. The van der Waals surface area contributed by atoms with Gasteiger partial charge >= 0.3 is 0 Å². The van der Waals surface area contributed by atoms with Crippen molar-refractivity contribution < 1.29 is 0 Å². The minimum atomic E-state index is 0.689. The predicted molar refractivity (Wildman–Crippen MR) is 58.2 cm³/mol. The summed E-state index contributed by atoms with van der Waals surface area (Å²) < 4.78 is 0.999. The van der Waals surface area contributed by atoms with Gasteiger partial charge in [-0.15, -0.1) is 0 Å². The molecule has 0 aliphatic carbocycles. The molecule has 1 aromatic heterocycles. The number of aryl methyl sites for hydroxylation is 1. The SMILES string of the molecule is CCc1nc2c(Cl)ccc(Br)c2[nH]1. The highest BCUT2D eigenvalue weighted by atomic mass is 79.9. The lowest BCUT2D eigenvalue weighted by molar-refractivity contribution is 1.00. The van der Waals surface area contributed by atoms with E-state index in [0.717, 1.165) is 27.8 Å². The Labute approximate surface area is 89.4 Å². The molecule has 2 rings (SSSR count). The molecule has 0 fully saturated rings. The van der Waals surface area contributed by atoms with Crippen LogP contribution in [-0.2, 0) is 6.42 Å². The van der Waals surface area contributed by atoms with Gasteiger partial charge in [0.15, 0.2) is 0 Å². The summed E-state index contributed by atoms with van der Waals surface area (Å²) in [5.41, 5.74) is 1.82. The fraction of sp³-hybridized carbons (Fsp3) is 0.222. The maximum Gasteiger partial charge on any atom is 0.108 e. The first kappa shape index (κ1) is 9.03. The van der Waals surface area contributed by atoms with E-state index in [1.807, 2.05) is 12.1 Å². The summed E-state index contributed by atoms with van der Waals surface area (Å²) in [6, 6.07) is 3.76. The molecule has 0 amide bonds. The fourth-order valence-corrected chi connectivity index (χ4v) is 1.86. The minimum absolute atomic E-state index is 0.689. The van der Waals surface area contributed by atoms with Crippen LogP contribution in [0.25, 0.3) is 11.0 Å². The summed E-state index contributed by atoms with van der Waals surface area (Å²) in [4.78, 5) is 7.59. The molecule has 0 saturated heterocycles. The molecule has 0 atom stereocenters. The van der Waals surface area contributed by atoms with E-state index >= 15 is 0 Å². The largest absolute Gasteiger partial charge is 0.341 e. The number of nitrogens with one attached hydrogen (secondary N) is 1. The Hall–Kier alpha value is -0.540. The van der Waals surface area contributed by atoms with Crippen LogP contribution < -0.4 is 0 Å². The Morgan fingerprint density at radius 1 is 1.54 bits per heavy atom. The van der Waals surface area contributed by atoms with Crippen LogP contribution in [0.3, 0.4) is 0 Å².